The molecule has 118 valence electrons. The normalized spacial score (nSPS) is 10.6. The Morgan fingerprint density at radius 1 is 1.45 bits per heavy atom. The first-order valence-corrected chi connectivity index (χ1v) is 6.59. The van der Waals surface area contributed by atoms with E-state index >= 15 is 0 Å². The lowest BCUT2D eigenvalue weighted by Gasteiger charge is -2.11. The van der Waals surface area contributed by atoms with Gasteiger partial charge in [-0.25, -0.2) is 4.79 Å². The van der Waals surface area contributed by atoms with E-state index in [0.29, 0.717) is 0 Å². The molecule has 2 N–H and O–H groups in total. The number of urea groups is 1. The van der Waals surface area contributed by atoms with E-state index in [4.69, 9.17) is 11.6 Å². The molecule has 0 radical (unpaired) electrons. The van der Waals surface area contributed by atoms with Crippen LogP contribution in [0.2, 0.25) is 5.02 Å². The molecule has 1 aromatic carbocycles. The number of aromatic nitrogens is 2. The predicted octanol–water partition coefficient (Wildman–Crippen LogP) is 3.00. The molecule has 6 nitrogen and oxygen atoms in total. The van der Waals surface area contributed by atoms with Gasteiger partial charge in [0.2, 0.25) is 0 Å². The summed E-state index contributed by atoms with van der Waals surface area (Å²) < 4.78 is 30.3. The summed E-state index contributed by atoms with van der Waals surface area (Å²) in [6.45, 7) is -2.72. The van der Waals surface area contributed by atoms with Crippen molar-refractivity contribution in [2.24, 2.45) is 7.05 Å². The molecule has 0 aliphatic heterocycles. The molecule has 0 spiro atoms. The fraction of sp³-hybridized carbons (Fsp3) is 0.231. The molecule has 0 atom stereocenters. The predicted molar refractivity (Wildman–Crippen MR) is 77.2 cm³/mol. The number of benzene rings is 1. The molecule has 0 aliphatic carbocycles. The van der Waals surface area contributed by atoms with E-state index < -0.39 is 12.6 Å². The van der Waals surface area contributed by atoms with Gasteiger partial charge in [-0.1, -0.05) is 11.6 Å². The van der Waals surface area contributed by atoms with E-state index in [1.807, 2.05) is 0 Å². The monoisotopic (exact) mass is 330 g/mol. The Kier molecular flexibility index (Phi) is 5.16. The molecule has 0 saturated carbocycles. The van der Waals surface area contributed by atoms with Crippen LogP contribution in [0.5, 0.6) is 5.75 Å². The molecule has 1 aromatic heterocycles. The summed E-state index contributed by atoms with van der Waals surface area (Å²) in [5.74, 6) is -0.207. The number of ether oxygens (including phenoxy) is 1. The Morgan fingerprint density at radius 3 is 2.86 bits per heavy atom. The first-order valence-electron chi connectivity index (χ1n) is 6.22. The lowest BCUT2D eigenvalue weighted by atomic mass is 10.3. The zero-order valence-electron chi connectivity index (χ0n) is 11.5. The number of anilines is 1. The summed E-state index contributed by atoms with van der Waals surface area (Å²) in [4.78, 5) is 11.8. The van der Waals surface area contributed by atoms with Crippen LogP contribution in [0.1, 0.15) is 5.69 Å². The van der Waals surface area contributed by atoms with Crippen molar-refractivity contribution in [3.63, 3.8) is 0 Å². The summed E-state index contributed by atoms with van der Waals surface area (Å²) in [5, 5.41) is 9.12. The second-order valence-electron chi connectivity index (χ2n) is 4.28. The summed E-state index contributed by atoms with van der Waals surface area (Å²) in [5.41, 5.74) is 1.09. The van der Waals surface area contributed by atoms with E-state index in [0.717, 1.165) is 5.69 Å². The number of nitrogens with zero attached hydrogens (tertiary/aromatic N) is 2. The molecule has 9 heteroatoms. The number of halogens is 3. The van der Waals surface area contributed by atoms with Crippen LogP contribution in [0.25, 0.3) is 0 Å². The average molecular weight is 331 g/mol. The van der Waals surface area contributed by atoms with Crippen molar-refractivity contribution >= 4 is 23.3 Å². The Hall–Kier alpha value is -2.35. The van der Waals surface area contributed by atoms with Gasteiger partial charge in [-0.3, -0.25) is 4.68 Å². The van der Waals surface area contributed by atoms with Crippen molar-refractivity contribution in [2.75, 3.05) is 5.32 Å². The van der Waals surface area contributed by atoms with Crippen LogP contribution in [0.4, 0.5) is 19.3 Å². The highest BCUT2D eigenvalue weighted by Crippen LogP contribution is 2.29. The van der Waals surface area contributed by atoms with Gasteiger partial charge in [0, 0.05) is 25.0 Å². The summed E-state index contributed by atoms with van der Waals surface area (Å²) >= 11 is 5.73. The average Bonchev–Trinajstić information content (AvgIpc) is 2.85. The van der Waals surface area contributed by atoms with E-state index in [-0.39, 0.29) is 23.0 Å². The number of alkyl halides is 2. The number of hydrogen-bond acceptors (Lipinski definition) is 3. The molecule has 1 heterocycles. The lowest BCUT2D eigenvalue weighted by molar-refractivity contribution is -0.0497. The topological polar surface area (TPSA) is 68.2 Å². The van der Waals surface area contributed by atoms with Crippen LogP contribution < -0.4 is 15.4 Å². The van der Waals surface area contributed by atoms with Crippen LogP contribution in [0.3, 0.4) is 0 Å². The highest BCUT2D eigenvalue weighted by Gasteiger charge is 2.11. The standard InChI is InChI=1S/C13H13ClF2N4O2/c1-20-9(4-5-18-20)7-17-13(21)19-8-2-3-10(14)11(6-8)22-12(15)16/h2-6,12H,7H2,1H3,(H2,17,19,21). The molecule has 2 aromatic rings. The van der Waals surface area contributed by atoms with Gasteiger partial charge in [-0.15, -0.1) is 0 Å². The van der Waals surface area contributed by atoms with Crippen LogP contribution in [-0.4, -0.2) is 22.4 Å². The van der Waals surface area contributed by atoms with E-state index in [1.165, 1.54) is 18.2 Å². The Balaban J connectivity index is 1.95. The number of aryl methyl sites for hydroxylation is 1. The summed E-state index contributed by atoms with van der Waals surface area (Å²) in [6, 6.07) is 5.32. The number of nitrogens with one attached hydrogen (secondary N) is 2. The Bertz CT molecular complexity index is 663. The van der Waals surface area contributed by atoms with Crippen molar-refractivity contribution < 1.29 is 18.3 Å². The number of carbonyl (C=O) groups excluding carboxylic acids is 1. The van der Waals surface area contributed by atoms with Crippen LogP contribution in [0.15, 0.2) is 30.5 Å². The molecule has 2 rings (SSSR count). The van der Waals surface area contributed by atoms with Crippen LogP contribution in [0, 0.1) is 0 Å². The fourth-order valence-corrected chi connectivity index (χ4v) is 1.85. The maximum atomic E-state index is 12.2. The third kappa shape index (κ3) is 4.32. The van der Waals surface area contributed by atoms with Crippen molar-refractivity contribution in [1.29, 1.82) is 0 Å². The zero-order valence-corrected chi connectivity index (χ0v) is 12.3. The van der Waals surface area contributed by atoms with Gasteiger partial charge in [-0.05, 0) is 18.2 Å². The van der Waals surface area contributed by atoms with Crippen LogP contribution in [-0.2, 0) is 13.6 Å². The van der Waals surface area contributed by atoms with Gasteiger partial charge in [0.1, 0.15) is 5.75 Å². The molecule has 0 saturated heterocycles. The van der Waals surface area contributed by atoms with Crippen molar-refractivity contribution in [2.45, 2.75) is 13.2 Å². The summed E-state index contributed by atoms with van der Waals surface area (Å²) in [7, 11) is 1.75. The molecular weight excluding hydrogens is 318 g/mol. The van der Waals surface area contributed by atoms with Gasteiger partial charge in [0.25, 0.3) is 0 Å². The third-order valence-electron chi connectivity index (χ3n) is 2.76. The number of carbonyl (C=O) groups is 1. The van der Waals surface area contributed by atoms with Crippen molar-refractivity contribution in [1.82, 2.24) is 15.1 Å². The molecule has 2 amide bonds. The maximum absolute atomic E-state index is 12.2. The number of rotatable bonds is 5. The minimum atomic E-state index is -2.99. The first kappa shape index (κ1) is 16.0. The zero-order chi connectivity index (χ0) is 16.1. The number of amides is 2. The SMILES string of the molecule is Cn1nccc1CNC(=O)Nc1ccc(Cl)c(OC(F)F)c1. The fourth-order valence-electron chi connectivity index (χ4n) is 1.69. The van der Waals surface area contributed by atoms with Gasteiger partial charge >= 0.3 is 12.6 Å². The van der Waals surface area contributed by atoms with Gasteiger partial charge in [0.05, 0.1) is 17.3 Å². The number of hydrogen-bond donors (Lipinski definition) is 2. The first-order chi connectivity index (χ1) is 10.5. The Morgan fingerprint density at radius 2 is 2.23 bits per heavy atom. The third-order valence-corrected chi connectivity index (χ3v) is 3.07. The molecule has 0 bridgehead atoms. The molecule has 0 aliphatic rings. The Labute approximate surface area is 130 Å². The van der Waals surface area contributed by atoms with E-state index in [9.17, 15) is 13.6 Å². The van der Waals surface area contributed by atoms with E-state index in [1.54, 1.807) is 24.0 Å². The molecular formula is C13H13ClF2N4O2. The second kappa shape index (κ2) is 7.08. The van der Waals surface area contributed by atoms with Crippen molar-refractivity contribution in [3.8, 4) is 5.75 Å². The minimum Gasteiger partial charge on any atom is -0.433 e. The highest BCUT2D eigenvalue weighted by atomic mass is 35.5. The minimum absolute atomic E-state index is 0.0288. The van der Waals surface area contributed by atoms with E-state index in [2.05, 4.69) is 20.5 Å². The van der Waals surface area contributed by atoms with Gasteiger partial charge in [-0.2, -0.15) is 13.9 Å². The largest absolute Gasteiger partial charge is 0.433 e. The molecule has 22 heavy (non-hydrogen) atoms. The van der Waals surface area contributed by atoms with Gasteiger partial charge in [0.15, 0.2) is 0 Å². The second-order valence-corrected chi connectivity index (χ2v) is 4.68. The molecule has 0 fully saturated rings. The van der Waals surface area contributed by atoms with Crippen LogP contribution >= 0.6 is 11.6 Å². The highest BCUT2D eigenvalue weighted by molar-refractivity contribution is 6.32. The molecule has 0 unspecified atom stereocenters. The smallest absolute Gasteiger partial charge is 0.387 e. The lowest BCUT2D eigenvalue weighted by Crippen LogP contribution is -2.29. The maximum Gasteiger partial charge on any atom is 0.387 e. The summed E-state index contributed by atoms with van der Waals surface area (Å²) in [6.07, 6.45) is 1.61. The van der Waals surface area contributed by atoms with Gasteiger partial charge < -0.3 is 15.4 Å². The van der Waals surface area contributed by atoms with Crippen molar-refractivity contribution in [3.05, 3.63) is 41.2 Å². The quantitative estimate of drug-likeness (QED) is 0.885.